The number of rotatable bonds is 2. The monoisotopic (exact) mass is 230 g/mol. The molecule has 0 heterocycles. The summed E-state index contributed by atoms with van der Waals surface area (Å²) in [5.74, 6) is -1.10. The molecule has 0 bridgehead atoms. The van der Waals surface area contributed by atoms with Crippen LogP contribution in [0, 0.1) is 0 Å². The summed E-state index contributed by atoms with van der Waals surface area (Å²) in [7, 11) is 0. The largest absolute Gasteiger partial charge is 0.504 e. The third-order valence-electron chi connectivity index (χ3n) is 2.93. The first-order valence-electron chi connectivity index (χ1n) is 5.40. The Hall–Kier alpha value is -2.16. The van der Waals surface area contributed by atoms with Gasteiger partial charge in [0.15, 0.2) is 11.5 Å². The maximum absolute atomic E-state index is 9.80. The molecule has 0 aliphatic heterocycles. The molecule has 1 unspecified atom stereocenters. The van der Waals surface area contributed by atoms with Gasteiger partial charge >= 0.3 is 0 Å². The van der Waals surface area contributed by atoms with E-state index in [0.717, 1.165) is 5.56 Å². The molecule has 3 N–H and O–H groups in total. The first-order valence-corrected chi connectivity index (χ1v) is 5.40. The van der Waals surface area contributed by atoms with Crippen LogP contribution in [-0.2, 0) is 0 Å². The predicted molar refractivity (Wildman–Crippen MR) is 65.4 cm³/mol. The van der Waals surface area contributed by atoms with Crippen LogP contribution in [0.2, 0.25) is 0 Å². The Bertz CT molecular complexity index is 520. The van der Waals surface area contributed by atoms with Crippen molar-refractivity contribution in [3.05, 3.63) is 53.6 Å². The van der Waals surface area contributed by atoms with Crippen LogP contribution in [0.4, 0.5) is 0 Å². The maximum atomic E-state index is 9.80. The molecule has 0 radical (unpaired) electrons. The average Bonchev–Trinajstić information content (AvgIpc) is 2.36. The van der Waals surface area contributed by atoms with E-state index in [-0.39, 0.29) is 17.4 Å². The topological polar surface area (TPSA) is 60.7 Å². The van der Waals surface area contributed by atoms with Crippen LogP contribution in [0.15, 0.2) is 42.5 Å². The summed E-state index contributed by atoms with van der Waals surface area (Å²) < 4.78 is 0. The lowest BCUT2D eigenvalue weighted by Gasteiger charge is -2.15. The van der Waals surface area contributed by atoms with Gasteiger partial charge in [-0.2, -0.15) is 0 Å². The highest BCUT2D eigenvalue weighted by Gasteiger charge is 2.17. The Balaban J connectivity index is 2.45. The smallest absolute Gasteiger partial charge is 0.200 e. The van der Waals surface area contributed by atoms with E-state index in [1.54, 1.807) is 6.07 Å². The molecule has 0 saturated carbocycles. The molecule has 0 fully saturated rings. The van der Waals surface area contributed by atoms with Crippen LogP contribution in [-0.4, -0.2) is 15.3 Å². The summed E-state index contributed by atoms with van der Waals surface area (Å²) in [6, 6.07) is 12.7. The molecule has 88 valence electrons. The normalized spacial score (nSPS) is 12.3. The standard InChI is InChI=1S/C14H14O3/c1-9(10-5-3-2-4-6-10)11-7-8-12(15)14(17)13(11)16/h2-9,15-17H,1H3. The summed E-state index contributed by atoms with van der Waals surface area (Å²) in [6.07, 6.45) is 0. The molecule has 2 aromatic carbocycles. The number of phenolic OH excluding ortho intramolecular Hbond substituents is 3. The Morgan fingerprint density at radius 3 is 2.12 bits per heavy atom. The molecule has 0 aliphatic carbocycles. The van der Waals surface area contributed by atoms with Crippen molar-refractivity contribution in [1.29, 1.82) is 0 Å². The zero-order valence-corrected chi connectivity index (χ0v) is 9.46. The maximum Gasteiger partial charge on any atom is 0.200 e. The first-order chi connectivity index (χ1) is 8.11. The van der Waals surface area contributed by atoms with Gasteiger partial charge in [0.25, 0.3) is 0 Å². The molecule has 0 aliphatic rings. The van der Waals surface area contributed by atoms with Gasteiger partial charge in [-0.15, -0.1) is 0 Å². The molecular weight excluding hydrogens is 216 g/mol. The average molecular weight is 230 g/mol. The summed E-state index contributed by atoms with van der Waals surface area (Å²) in [5.41, 5.74) is 1.62. The van der Waals surface area contributed by atoms with Gasteiger partial charge < -0.3 is 15.3 Å². The summed E-state index contributed by atoms with van der Waals surface area (Å²) in [4.78, 5) is 0. The fourth-order valence-electron chi connectivity index (χ4n) is 1.86. The van der Waals surface area contributed by atoms with Crippen molar-refractivity contribution in [1.82, 2.24) is 0 Å². The zero-order chi connectivity index (χ0) is 12.4. The van der Waals surface area contributed by atoms with Crippen molar-refractivity contribution < 1.29 is 15.3 Å². The molecular formula is C14H14O3. The van der Waals surface area contributed by atoms with E-state index in [1.807, 2.05) is 37.3 Å². The van der Waals surface area contributed by atoms with E-state index in [4.69, 9.17) is 0 Å². The van der Waals surface area contributed by atoms with Gasteiger partial charge in [-0.25, -0.2) is 0 Å². The Kier molecular flexibility index (Phi) is 2.91. The number of phenols is 3. The molecule has 3 nitrogen and oxygen atoms in total. The molecule has 1 atom stereocenters. The quantitative estimate of drug-likeness (QED) is 0.695. The van der Waals surface area contributed by atoms with Gasteiger partial charge in [0, 0.05) is 11.5 Å². The van der Waals surface area contributed by atoms with Crippen LogP contribution in [0.3, 0.4) is 0 Å². The van der Waals surface area contributed by atoms with Gasteiger partial charge in [-0.1, -0.05) is 43.3 Å². The third kappa shape index (κ3) is 2.04. The van der Waals surface area contributed by atoms with Crippen molar-refractivity contribution in [3.63, 3.8) is 0 Å². The minimum atomic E-state index is -0.467. The second-order valence-corrected chi connectivity index (χ2v) is 4.00. The predicted octanol–water partition coefficient (Wildman–Crippen LogP) is 2.96. The molecule has 2 aromatic rings. The summed E-state index contributed by atoms with van der Waals surface area (Å²) in [6.45, 7) is 1.93. The highest BCUT2D eigenvalue weighted by Crippen LogP contribution is 2.41. The van der Waals surface area contributed by atoms with Gasteiger partial charge in [0.2, 0.25) is 5.75 Å². The first kappa shape index (κ1) is 11.3. The van der Waals surface area contributed by atoms with Crippen LogP contribution < -0.4 is 0 Å². The number of benzene rings is 2. The van der Waals surface area contributed by atoms with E-state index in [2.05, 4.69) is 0 Å². The molecule has 17 heavy (non-hydrogen) atoms. The van der Waals surface area contributed by atoms with Crippen molar-refractivity contribution in [2.24, 2.45) is 0 Å². The number of aromatic hydroxyl groups is 3. The minimum Gasteiger partial charge on any atom is -0.504 e. The number of hydrogen-bond donors (Lipinski definition) is 3. The lowest BCUT2D eigenvalue weighted by Crippen LogP contribution is -1.96. The van der Waals surface area contributed by atoms with E-state index >= 15 is 0 Å². The van der Waals surface area contributed by atoms with E-state index in [9.17, 15) is 15.3 Å². The molecule has 3 heteroatoms. The van der Waals surface area contributed by atoms with Crippen molar-refractivity contribution in [2.45, 2.75) is 12.8 Å². The van der Waals surface area contributed by atoms with Crippen molar-refractivity contribution in [2.75, 3.05) is 0 Å². The lowest BCUT2D eigenvalue weighted by atomic mass is 9.92. The van der Waals surface area contributed by atoms with Gasteiger partial charge in [-0.3, -0.25) is 0 Å². The molecule has 0 amide bonds. The highest BCUT2D eigenvalue weighted by atomic mass is 16.3. The Morgan fingerprint density at radius 2 is 1.47 bits per heavy atom. The molecule has 0 saturated heterocycles. The third-order valence-corrected chi connectivity index (χ3v) is 2.93. The van der Waals surface area contributed by atoms with Gasteiger partial charge in [0.1, 0.15) is 0 Å². The van der Waals surface area contributed by atoms with E-state index < -0.39 is 5.75 Å². The van der Waals surface area contributed by atoms with E-state index in [0.29, 0.717) is 5.56 Å². The number of hydrogen-bond acceptors (Lipinski definition) is 3. The summed E-state index contributed by atoms with van der Waals surface area (Å²) in [5, 5.41) is 28.5. The van der Waals surface area contributed by atoms with Gasteiger partial charge in [0.05, 0.1) is 0 Å². The zero-order valence-electron chi connectivity index (χ0n) is 9.46. The highest BCUT2D eigenvalue weighted by molar-refractivity contribution is 5.55. The minimum absolute atomic E-state index is 0.0531. The molecule has 0 aromatic heterocycles. The lowest BCUT2D eigenvalue weighted by molar-refractivity contribution is 0.364. The summed E-state index contributed by atoms with van der Waals surface area (Å²) >= 11 is 0. The van der Waals surface area contributed by atoms with Crippen molar-refractivity contribution in [3.8, 4) is 17.2 Å². The van der Waals surface area contributed by atoms with Crippen molar-refractivity contribution >= 4 is 0 Å². The van der Waals surface area contributed by atoms with Crippen LogP contribution in [0.1, 0.15) is 24.0 Å². The molecule has 2 rings (SSSR count). The Morgan fingerprint density at radius 1 is 0.824 bits per heavy atom. The van der Waals surface area contributed by atoms with Crippen LogP contribution >= 0.6 is 0 Å². The fraction of sp³-hybridized carbons (Fsp3) is 0.143. The second-order valence-electron chi connectivity index (χ2n) is 4.00. The SMILES string of the molecule is CC(c1ccccc1)c1ccc(O)c(O)c1O. The second kappa shape index (κ2) is 4.37. The van der Waals surface area contributed by atoms with Gasteiger partial charge in [-0.05, 0) is 11.6 Å². The van der Waals surface area contributed by atoms with E-state index in [1.165, 1.54) is 6.07 Å². The molecule has 0 spiro atoms. The van der Waals surface area contributed by atoms with Crippen LogP contribution in [0.5, 0.6) is 17.2 Å². The Labute approximate surface area is 99.6 Å². The fourth-order valence-corrected chi connectivity index (χ4v) is 1.86. The van der Waals surface area contributed by atoms with Crippen LogP contribution in [0.25, 0.3) is 0 Å².